The molecule has 1 saturated heterocycles. The number of para-hydroxylation sites is 1. The number of rotatable bonds is 6. The second-order valence-corrected chi connectivity index (χ2v) is 7.05. The zero-order valence-electron chi connectivity index (χ0n) is 15.6. The standard InChI is InChI=1S/C20H22ClN3O4/c1-28-20(25)19(16-7-3-4-8-17(16)21)23-12-10-22(11-13-23)14-15-6-2-5-9-18(15)24(26)27/h2-9,19H,10-14H2,1H3. The number of methoxy groups -OCH3 is 1. The van der Waals surface area contributed by atoms with Crippen molar-refractivity contribution in [2.75, 3.05) is 33.3 Å². The van der Waals surface area contributed by atoms with Crippen LogP contribution in [0.3, 0.4) is 0 Å². The third-order valence-electron chi connectivity index (χ3n) is 4.98. The van der Waals surface area contributed by atoms with Gasteiger partial charge in [0.05, 0.1) is 12.0 Å². The van der Waals surface area contributed by atoms with Crippen molar-refractivity contribution in [3.05, 3.63) is 74.8 Å². The molecule has 1 unspecified atom stereocenters. The van der Waals surface area contributed by atoms with Crippen molar-refractivity contribution < 1.29 is 14.5 Å². The van der Waals surface area contributed by atoms with E-state index in [1.807, 2.05) is 29.2 Å². The highest BCUT2D eigenvalue weighted by Gasteiger charge is 2.32. The molecule has 2 aromatic carbocycles. The van der Waals surface area contributed by atoms with Gasteiger partial charge in [-0.15, -0.1) is 0 Å². The molecule has 0 radical (unpaired) electrons. The molecule has 1 atom stereocenters. The molecule has 0 amide bonds. The van der Waals surface area contributed by atoms with Gasteiger partial charge in [0.25, 0.3) is 5.69 Å². The third kappa shape index (κ3) is 4.49. The summed E-state index contributed by atoms with van der Waals surface area (Å²) in [6.07, 6.45) is 0. The average molecular weight is 404 g/mol. The number of ether oxygens (including phenoxy) is 1. The molecule has 0 spiro atoms. The Hall–Kier alpha value is -2.48. The van der Waals surface area contributed by atoms with Crippen LogP contribution in [0.1, 0.15) is 17.2 Å². The van der Waals surface area contributed by atoms with Gasteiger partial charge in [0.15, 0.2) is 0 Å². The number of carbonyl (C=O) groups excluding carboxylic acids is 1. The Labute approximate surface area is 168 Å². The number of piperazine rings is 1. The second-order valence-electron chi connectivity index (χ2n) is 6.65. The van der Waals surface area contributed by atoms with Crippen LogP contribution in [0.5, 0.6) is 0 Å². The predicted molar refractivity (Wildman–Crippen MR) is 106 cm³/mol. The molecule has 0 aliphatic carbocycles. The molecule has 2 aromatic rings. The second kappa shape index (κ2) is 9.14. The zero-order chi connectivity index (χ0) is 20.1. The molecule has 7 nitrogen and oxygen atoms in total. The number of nitrogens with zero attached hydrogens (tertiary/aromatic N) is 3. The molecule has 148 valence electrons. The largest absolute Gasteiger partial charge is 0.468 e. The lowest BCUT2D eigenvalue weighted by atomic mass is 10.0. The molecule has 1 aliphatic heterocycles. The molecule has 1 heterocycles. The molecule has 0 N–H and O–H groups in total. The maximum absolute atomic E-state index is 12.4. The molecule has 0 saturated carbocycles. The van der Waals surface area contributed by atoms with Gasteiger partial charge < -0.3 is 4.74 Å². The molecule has 0 bridgehead atoms. The minimum absolute atomic E-state index is 0.133. The summed E-state index contributed by atoms with van der Waals surface area (Å²) in [5, 5.41) is 11.7. The van der Waals surface area contributed by atoms with Crippen LogP contribution < -0.4 is 0 Å². The van der Waals surface area contributed by atoms with Crippen molar-refractivity contribution in [2.45, 2.75) is 12.6 Å². The first-order valence-corrected chi connectivity index (χ1v) is 9.40. The first-order chi connectivity index (χ1) is 13.5. The molecular weight excluding hydrogens is 382 g/mol. The first-order valence-electron chi connectivity index (χ1n) is 9.02. The number of benzene rings is 2. The number of hydrogen-bond acceptors (Lipinski definition) is 6. The van der Waals surface area contributed by atoms with Crippen molar-refractivity contribution in [3.8, 4) is 0 Å². The summed E-state index contributed by atoms with van der Waals surface area (Å²) in [6.45, 7) is 3.13. The van der Waals surface area contributed by atoms with Crippen LogP contribution in [0.25, 0.3) is 0 Å². The predicted octanol–water partition coefficient (Wildman–Crippen LogP) is 3.28. The van der Waals surface area contributed by atoms with Gasteiger partial charge in [-0.25, -0.2) is 4.79 Å². The van der Waals surface area contributed by atoms with Gasteiger partial charge >= 0.3 is 5.97 Å². The van der Waals surface area contributed by atoms with E-state index in [9.17, 15) is 14.9 Å². The molecular formula is C20H22ClN3O4. The maximum Gasteiger partial charge on any atom is 0.327 e. The number of hydrogen-bond donors (Lipinski definition) is 0. The fourth-order valence-corrected chi connectivity index (χ4v) is 3.76. The summed E-state index contributed by atoms with van der Waals surface area (Å²) >= 11 is 6.31. The van der Waals surface area contributed by atoms with E-state index in [-0.39, 0.29) is 16.6 Å². The van der Waals surface area contributed by atoms with E-state index >= 15 is 0 Å². The quantitative estimate of drug-likeness (QED) is 0.418. The highest BCUT2D eigenvalue weighted by molar-refractivity contribution is 6.31. The SMILES string of the molecule is COC(=O)C(c1ccccc1Cl)N1CCN(Cc2ccccc2[N+](=O)[O-])CC1. The lowest BCUT2D eigenvalue weighted by molar-refractivity contribution is -0.385. The van der Waals surface area contributed by atoms with Crippen LogP contribution in [0.15, 0.2) is 48.5 Å². The van der Waals surface area contributed by atoms with Crippen LogP contribution in [-0.4, -0.2) is 54.0 Å². The number of carbonyl (C=O) groups is 1. The highest BCUT2D eigenvalue weighted by Crippen LogP contribution is 2.30. The summed E-state index contributed by atoms with van der Waals surface area (Å²) in [7, 11) is 1.37. The van der Waals surface area contributed by atoms with Crippen LogP contribution in [0.2, 0.25) is 5.02 Å². The Morgan fingerprint density at radius 3 is 2.43 bits per heavy atom. The summed E-state index contributed by atoms with van der Waals surface area (Å²) in [6, 6.07) is 13.5. The molecule has 1 fully saturated rings. The number of nitro benzene ring substituents is 1. The lowest BCUT2D eigenvalue weighted by Crippen LogP contribution is -2.49. The van der Waals surface area contributed by atoms with Gasteiger partial charge in [-0.3, -0.25) is 19.9 Å². The number of halogens is 1. The van der Waals surface area contributed by atoms with Crippen LogP contribution in [-0.2, 0) is 16.1 Å². The van der Waals surface area contributed by atoms with Gasteiger partial charge in [-0.1, -0.05) is 48.0 Å². The Morgan fingerprint density at radius 2 is 1.79 bits per heavy atom. The zero-order valence-corrected chi connectivity index (χ0v) is 16.3. The van der Waals surface area contributed by atoms with Crippen LogP contribution in [0, 0.1) is 10.1 Å². The minimum Gasteiger partial charge on any atom is -0.468 e. The molecule has 3 rings (SSSR count). The first kappa shape index (κ1) is 20.3. The van der Waals surface area contributed by atoms with E-state index < -0.39 is 6.04 Å². The molecule has 8 heteroatoms. The highest BCUT2D eigenvalue weighted by atomic mass is 35.5. The summed E-state index contributed by atoms with van der Waals surface area (Å²) in [5.41, 5.74) is 1.55. The summed E-state index contributed by atoms with van der Waals surface area (Å²) < 4.78 is 5.01. The third-order valence-corrected chi connectivity index (χ3v) is 5.32. The van der Waals surface area contributed by atoms with Crippen molar-refractivity contribution in [1.29, 1.82) is 0 Å². The molecule has 28 heavy (non-hydrogen) atoms. The van der Waals surface area contributed by atoms with E-state index in [1.54, 1.807) is 18.2 Å². The number of esters is 1. The van der Waals surface area contributed by atoms with Gasteiger partial charge in [-0.2, -0.15) is 0 Å². The van der Waals surface area contributed by atoms with Gasteiger partial charge in [0, 0.05) is 49.4 Å². The number of nitro groups is 1. The maximum atomic E-state index is 12.4. The van der Waals surface area contributed by atoms with E-state index in [0.29, 0.717) is 43.3 Å². The van der Waals surface area contributed by atoms with Crippen molar-refractivity contribution in [2.24, 2.45) is 0 Å². The van der Waals surface area contributed by atoms with Gasteiger partial charge in [0.1, 0.15) is 6.04 Å². The summed E-state index contributed by atoms with van der Waals surface area (Å²) in [5.74, 6) is -0.347. The average Bonchev–Trinajstić information content (AvgIpc) is 2.71. The topological polar surface area (TPSA) is 75.9 Å². The van der Waals surface area contributed by atoms with E-state index in [1.165, 1.54) is 13.2 Å². The normalized spacial score (nSPS) is 16.5. The monoisotopic (exact) mass is 403 g/mol. The van der Waals surface area contributed by atoms with E-state index in [2.05, 4.69) is 4.90 Å². The minimum atomic E-state index is -0.563. The Kier molecular flexibility index (Phi) is 6.61. The van der Waals surface area contributed by atoms with Crippen molar-refractivity contribution in [3.63, 3.8) is 0 Å². The van der Waals surface area contributed by atoms with Gasteiger partial charge in [-0.05, 0) is 11.6 Å². The van der Waals surface area contributed by atoms with Crippen molar-refractivity contribution >= 4 is 23.3 Å². The smallest absolute Gasteiger partial charge is 0.327 e. The van der Waals surface area contributed by atoms with Crippen LogP contribution >= 0.6 is 11.6 Å². The Bertz CT molecular complexity index is 853. The fraction of sp³-hybridized carbons (Fsp3) is 0.350. The Balaban J connectivity index is 1.71. The molecule has 1 aliphatic rings. The Morgan fingerprint density at radius 1 is 1.14 bits per heavy atom. The van der Waals surface area contributed by atoms with Crippen LogP contribution in [0.4, 0.5) is 5.69 Å². The van der Waals surface area contributed by atoms with E-state index in [0.717, 1.165) is 5.56 Å². The van der Waals surface area contributed by atoms with E-state index in [4.69, 9.17) is 16.3 Å². The van der Waals surface area contributed by atoms with Gasteiger partial charge in [0.2, 0.25) is 0 Å². The molecule has 0 aromatic heterocycles. The lowest BCUT2D eigenvalue weighted by Gasteiger charge is -2.38. The fourth-order valence-electron chi connectivity index (χ4n) is 3.52. The van der Waals surface area contributed by atoms with Crippen molar-refractivity contribution in [1.82, 2.24) is 9.80 Å². The summed E-state index contributed by atoms with van der Waals surface area (Å²) in [4.78, 5) is 27.5.